The van der Waals surface area contributed by atoms with Crippen LogP contribution in [0.1, 0.15) is 52.5 Å². The van der Waals surface area contributed by atoms with E-state index in [2.05, 4.69) is 5.32 Å². The summed E-state index contributed by atoms with van der Waals surface area (Å²) in [6.45, 7) is 2.77. The second kappa shape index (κ2) is 9.62. The molecule has 2 aromatic carbocycles. The van der Waals surface area contributed by atoms with Crippen molar-refractivity contribution >= 4 is 21.8 Å². The van der Waals surface area contributed by atoms with Gasteiger partial charge >= 0.3 is 0 Å². The number of piperidine rings is 1. The summed E-state index contributed by atoms with van der Waals surface area (Å²) >= 11 is 0. The quantitative estimate of drug-likeness (QED) is 0.744. The first kappa shape index (κ1) is 23.0. The van der Waals surface area contributed by atoms with E-state index in [1.165, 1.54) is 29.2 Å². The number of carbonyl (C=O) groups is 2. The number of hydrogen-bond acceptors (Lipinski definition) is 4. The van der Waals surface area contributed by atoms with Gasteiger partial charge in [0.2, 0.25) is 10.0 Å². The lowest BCUT2D eigenvalue weighted by Gasteiger charge is -2.32. The highest BCUT2D eigenvalue weighted by Gasteiger charge is 2.30. The van der Waals surface area contributed by atoms with Gasteiger partial charge in [0.15, 0.2) is 0 Å². The van der Waals surface area contributed by atoms with Gasteiger partial charge < -0.3 is 10.2 Å². The summed E-state index contributed by atoms with van der Waals surface area (Å²) in [7, 11) is -0.167. The van der Waals surface area contributed by atoms with Crippen LogP contribution in [0.5, 0.6) is 0 Å². The minimum absolute atomic E-state index is 0.0128. The first-order chi connectivity index (χ1) is 14.7. The first-order valence-electron chi connectivity index (χ1n) is 10.4. The molecule has 1 aliphatic rings. The Morgan fingerprint density at radius 2 is 1.61 bits per heavy atom. The maximum atomic E-state index is 12.9. The molecule has 1 unspecified atom stereocenters. The largest absolute Gasteiger partial charge is 0.348 e. The van der Waals surface area contributed by atoms with E-state index in [9.17, 15) is 18.0 Å². The molecule has 0 bridgehead atoms. The Labute approximate surface area is 184 Å². The summed E-state index contributed by atoms with van der Waals surface area (Å²) in [6.07, 6.45) is 2.78. The Morgan fingerprint density at radius 3 is 2.19 bits per heavy atom. The van der Waals surface area contributed by atoms with Gasteiger partial charge in [-0.3, -0.25) is 9.59 Å². The summed E-state index contributed by atoms with van der Waals surface area (Å²) in [5.41, 5.74) is 1.84. The minimum Gasteiger partial charge on any atom is -0.348 e. The number of hydrogen-bond donors (Lipinski definition) is 1. The van der Waals surface area contributed by atoms with Gasteiger partial charge in [0.25, 0.3) is 11.8 Å². The van der Waals surface area contributed by atoms with Crippen molar-refractivity contribution in [1.82, 2.24) is 14.5 Å². The Balaban J connectivity index is 1.62. The Bertz CT molecular complexity index is 1030. The Hall–Kier alpha value is -2.71. The third kappa shape index (κ3) is 5.32. The molecule has 0 radical (unpaired) electrons. The van der Waals surface area contributed by atoms with E-state index in [1.807, 2.05) is 6.92 Å². The van der Waals surface area contributed by atoms with Crippen molar-refractivity contribution in [3.05, 3.63) is 65.2 Å². The van der Waals surface area contributed by atoms with E-state index in [-0.39, 0.29) is 22.8 Å². The Kier molecular flexibility index (Phi) is 7.12. The van der Waals surface area contributed by atoms with Crippen molar-refractivity contribution in [1.29, 1.82) is 0 Å². The van der Waals surface area contributed by atoms with Gasteiger partial charge in [0.05, 0.1) is 4.90 Å². The van der Waals surface area contributed by atoms with Crippen LogP contribution in [0.25, 0.3) is 0 Å². The van der Waals surface area contributed by atoms with Crippen molar-refractivity contribution in [2.45, 2.75) is 43.7 Å². The van der Waals surface area contributed by atoms with Crippen LogP contribution >= 0.6 is 0 Å². The third-order valence-corrected chi connectivity index (χ3v) is 7.55. The predicted octanol–water partition coefficient (Wildman–Crippen LogP) is 2.88. The van der Waals surface area contributed by atoms with Crippen LogP contribution in [0.2, 0.25) is 0 Å². The summed E-state index contributed by atoms with van der Waals surface area (Å²) < 4.78 is 27.4. The standard InChI is InChI=1S/C23H29N3O4S/c1-17-6-4-5-15-26(17)31(29,30)21-13-11-19(12-14-21)22(27)24-16-18-7-9-20(10-8-18)23(28)25(2)3/h7-14,17H,4-6,15-16H2,1-3H3,(H,24,27). The molecule has 31 heavy (non-hydrogen) atoms. The van der Waals surface area contributed by atoms with Crippen molar-refractivity contribution in [2.24, 2.45) is 0 Å². The van der Waals surface area contributed by atoms with E-state index >= 15 is 0 Å². The van der Waals surface area contributed by atoms with E-state index in [0.717, 1.165) is 24.8 Å². The zero-order chi connectivity index (χ0) is 22.6. The molecule has 0 saturated carbocycles. The fourth-order valence-corrected chi connectivity index (χ4v) is 5.35. The summed E-state index contributed by atoms with van der Waals surface area (Å²) in [4.78, 5) is 26.1. The molecule has 1 N–H and O–H groups in total. The van der Waals surface area contributed by atoms with E-state index in [0.29, 0.717) is 24.2 Å². The van der Waals surface area contributed by atoms with Crippen molar-refractivity contribution < 1.29 is 18.0 Å². The number of benzene rings is 2. The second-order valence-electron chi connectivity index (χ2n) is 8.06. The SMILES string of the molecule is CC1CCCCN1S(=O)(=O)c1ccc(C(=O)NCc2ccc(C(=O)N(C)C)cc2)cc1. The highest BCUT2D eigenvalue weighted by molar-refractivity contribution is 7.89. The molecule has 8 heteroatoms. The average molecular weight is 444 g/mol. The van der Waals surface area contributed by atoms with Crippen LogP contribution in [0, 0.1) is 0 Å². The van der Waals surface area contributed by atoms with Crippen LogP contribution in [0.4, 0.5) is 0 Å². The van der Waals surface area contributed by atoms with Crippen LogP contribution in [0.3, 0.4) is 0 Å². The van der Waals surface area contributed by atoms with E-state index < -0.39 is 10.0 Å². The minimum atomic E-state index is -3.56. The summed E-state index contributed by atoms with van der Waals surface area (Å²) in [6, 6.07) is 13.1. The highest BCUT2D eigenvalue weighted by Crippen LogP contribution is 2.25. The zero-order valence-corrected chi connectivity index (χ0v) is 19.0. The number of sulfonamides is 1. The molecule has 1 atom stereocenters. The van der Waals surface area contributed by atoms with Crippen LogP contribution < -0.4 is 5.32 Å². The van der Waals surface area contributed by atoms with Gasteiger partial charge in [-0.2, -0.15) is 4.31 Å². The molecule has 1 heterocycles. The lowest BCUT2D eigenvalue weighted by Crippen LogP contribution is -2.41. The molecule has 2 aromatic rings. The first-order valence-corrected chi connectivity index (χ1v) is 11.8. The Morgan fingerprint density at radius 1 is 1.00 bits per heavy atom. The molecule has 0 aromatic heterocycles. The van der Waals surface area contributed by atoms with Crippen LogP contribution in [-0.2, 0) is 16.6 Å². The van der Waals surface area contributed by atoms with Gasteiger partial charge in [-0.25, -0.2) is 8.42 Å². The van der Waals surface area contributed by atoms with Crippen molar-refractivity contribution in [3.63, 3.8) is 0 Å². The molecule has 3 rings (SSSR count). The number of amides is 2. The predicted molar refractivity (Wildman–Crippen MR) is 119 cm³/mol. The highest BCUT2D eigenvalue weighted by atomic mass is 32.2. The monoisotopic (exact) mass is 443 g/mol. The maximum absolute atomic E-state index is 12.9. The molecule has 0 spiro atoms. The van der Waals surface area contributed by atoms with Gasteiger partial charge in [-0.1, -0.05) is 18.6 Å². The normalized spacial score (nSPS) is 17.2. The van der Waals surface area contributed by atoms with E-state index in [4.69, 9.17) is 0 Å². The topological polar surface area (TPSA) is 86.8 Å². The molecule has 1 saturated heterocycles. The lowest BCUT2D eigenvalue weighted by molar-refractivity contribution is 0.0827. The molecule has 1 aliphatic heterocycles. The zero-order valence-electron chi connectivity index (χ0n) is 18.2. The van der Waals surface area contributed by atoms with Gasteiger partial charge in [-0.15, -0.1) is 0 Å². The molecule has 2 amide bonds. The molecule has 0 aliphatic carbocycles. The summed E-state index contributed by atoms with van der Waals surface area (Å²) in [5.74, 6) is -0.367. The molecular formula is C23H29N3O4S. The van der Waals surface area contributed by atoms with Crippen molar-refractivity contribution in [3.8, 4) is 0 Å². The summed E-state index contributed by atoms with van der Waals surface area (Å²) in [5, 5.41) is 2.82. The van der Waals surface area contributed by atoms with Gasteiger partial charge in [-0.05, 0) is 61.7 Å². The number of nitrogens with zero attached hydrogens (tertiary/aromatic N) is 2. The van der Waals surface area contributed by atoms with Gasteiger partial charge in [0.1, 0.15) is 0 Å². The van der Waals surface area contributed by atoms with Crippen LogP contribution in [-0.4, -0.2) is 56.1 Å². The number of rotatable bonds is 6. The number of nitrogens with one attached hydrogen (secondary N) is 1. The number of carbonyl (C=O) groups excluding carboxylic acids is 2. The molecule has 7 nitrogen and oxygen atoms in total. The molecule has 166 valence electrons. The van der Waals surface area contributed by atoms with E-state index in [1.54, 1.807) is 42.7 Å². The van der Waals surface area contributed by atoms with Gasteiger partial charge in [0, 0.05) is 44.4 Å². The maximum Gasteiger partial charge on any atom is 0.253 e. The third-order valence-electron chi connectivity index (χ3n) is 5.53. The molecular weight excluding hydrogens is 414 g/mol. The molecule has 1 fully saturated rings. The average Bonchev–Trinajstić information content (AvgIpc) is 2.77. The fraction of sp³-hybridized carbons (Fsp3) is 0.391. The smallest absolute Gasteiger partial charge is 0.253 e. The lowest BCUT2D eigenvalue weighted by atomic mass is 10.1. The van der Waals surface area contributed by atoms with Crippen molar-refractivity contribution in [2.75, 3.05) is 20.6 Å². The fourth-order valence-electron chi connectivity index (χ4n) is 3.65. The van der Waals surface area contributed by atoms with Crippen LogP contribution in [0.15, 0.2) is 53.4 Å². The second-order valence-corrected chi connectivity index (χ2v) is 9.95.